The van der Waals surface area contributed by atoms with Gasteiger partial charge in [0, 0.05) is 19.0 Å². The number of sulfonamides is 1. The van der Waals surface area contributed by atoms with Crippen molar-refractivity contribution in [3.63, 3.8) is 0 Å². The highest BCUT2D eigenvalue weighted by atomic mass is 32.2. The highest BCUT2D eigenvalue weighted by Gasteiger charge is 2.45. The van der Waals surface area contributed by atoms with E-state index >= 15 is 0 Å². The number of carbonyl (C=O) groups is 1. The molecule has 1 aliphatic heterocycles. The Hall–Kier alpha value is -4.03. The number of piperidine rings is 1. The van der Waals surface area contributed by atoms with Gasteiger partial charge in [-0.25, -0.2) is 17.9 Å². The van der Waals surface area contributed by atoms with Crippen LogP contribution in [0.2, 0.25) is 0 Å². The molecule has 1 aliphatic carbocycles. The minimum Gasteiger partial charge on any atom is -0.493 e. The minimum absolute atomic E-state index is 0. The number of aryl methyl sites for hydroxylation is 1. The van der Waals surface area contributed by atoms with Crippen LogP contribution in [0.1, 0.15) is 75.9 Å². The SMILES string of the molecule is C.CCOc1ccc(S(=O)(=O)N2CCC(C(=O)O)(c3ccccc3)CC2)cc1-c1nn2c(C3CCCC3)nc(C)c2c(=O)[nH]1. The van der Waals surface area contributed by atoms with Gasteiger partial charge in [0.1, 0.15) is 11.6 Å². The number of imidazole rings is 1. The smallest absolute Gasteiger partial charge is 0.314 e. The maximum Gasteiger partial charge on any atom is 0.314 e. The van der Waals surface area contributed by atoms with E-state index in [1.807, 2.05) is 13.0 Å². The van der Waals surface area contributed by atoms with Gasteiger partial charge in [-0.2, -0.15) is 4.31 Å². The number of fused-ring (bicyclic) bond motifs is 1. The zero-order chi connectivity index (χ0) is 30.4. The van der Waals surface area contributed by atoms with Crippen LogP contribution in [0.5, 0.6) is 5.75 Å². The van der Waals surface area contributed by atoms with Gasteiger partial charge in [0.05, 0.1) is 28.2 Å². The van der Waals surface area contributed by atoms with Crippen LogP contribution in [-0.4, -0.2) is 63.1 Å². The highest BCUT2D eigenvalue weighted by Crippen LogP contribution is 2.39. The molecule has 2 aromatic carbocycles. The number of benzene rings is 2. The number of carboxylic acid groups (broad SMARTS) is 1. The third-order valence-electron chi connectivity index (χ3n) is 8.88. The summed E-state index contributed by atoms with van der Waals surface area (Å²) in [5.74, 6) is 0.552. The van der Waals surface area contributed by atoms with E-state index in [1.54, 1.807) is 41.8 Å². The van der Waals surface area contributed by atoms with Crippen LogP contribution < -0.4 is 10.3 Å². The number of nitrogens with one attached hydrogen (secondary N) is 1. The molecular formula is C32H39N5O6S. The topological polar surface area (TPSA) is 147 Å². The van der Waals surface area contributed by atoms with Crippen LogP contribution in [0.25, 0.3) is 16.9 Å². The number of rotatable bonds is 8. The summed E-state index contributed by atoms with van der Waals surface area (Å²) < 4.78 is 36.6. The summed E-state index contributed by atoms with van der Waals surface area (Å²) in [5.41, 5.74) is 0.460. The van der Waals surface area contributed by atoms with Crippen LogP contribution in [0.15, 0.2) is 58.2 Å². The van der Waals surface area contributed by atoms with E-state index in [-0.39, 0.29) is 55.6 Å². The third-order valence-corrected chi connectivity index (χ3v) is 10.8. The van der Waals surface area contributed by atoms with Crippen molar-refractivity contribution >= 4 is 21.5 Å². The average molecular weight is 622 g/mol. The second kappa shape index (κ2) is 12.2. The number of aliphatic carboxylic acids is 1. The van der Waals surface area contributed by atoms with Gasteiger partial charge >= 0.3 is 5.97 Å². The Balaban J connectivity index is 0.00000384. The van der Waals surface area contributed by atoms with Gasteiger partial charge < -0.3 is 14.8 Å². The fraction of sp³-hybridized carbons (Fsp3) is 0.438. The Labute approximate surface area is 257 Å². The number of H-pyrrole nitrogens is 1. The molecule has 6 rings (SSSR count). The number of ether oxygens (including phenoxy) is 1. The lowest BCUT2D eigenvalue weighted by atomic mass is 9.73. The molecule has 12 heteroatoms. The molecule has 0 atom stereocenters. The van der Waals surface area contributed by atoms with E-state index < -0.39 is 21.4 Å². The fourth-order valence-electron chi connectivity index (χ4n) is 6.54. The summed E-state index contributed by atoms with van der Waals surface area (Å²) in [4.78, 5) is 33.2. The van der Waals surface area contributed by atoms with Gasteiger partial charge in [-0.05, 0) is 63.3 Å². The van der Waals surface area contributed by atoms with Crippen molar-refractivity contribution in [3.05, 3.63) is 76.0 Å². The van der Waals surface area contributed by atoms with Crippen LogP contribution in [0.4, 0.5) is 0 Å². The number of nitrogens with zero attached hydrogens (tertiary/aromatic N) is 4. The van der Waals surface area contributed by atoms with E-state index in [1.165, 1.54) is 16.4 Å². The maximum absolute atomic E-state index is 13.9. The summed E-state index contributed by atoms with van der Waals surface area (Å²) in [6.45, 7) is 4.03. The predicted molar refractivity (Wildman–Crippen MR) is 167 cm³/mol. The van der Waals surface area contributed by atoms with Gasteiger partial charge in [-0.1, -0.05) is 50.6 Å². The standard InChI is InChI=1S/C31H35N5O6S.CH4/c1-3-42-25-14-13-23(43(40,41)35-17-15-31(16-18-35,30(38)39)22-11-5-4-6-12-22)19-24(25)27-33-29(37)26-20(2)32-28(36(26)34-27)21-9-7-8-10-21;/h4-6,11-14,19,21H,3,7-10,15-18H2,1-2H3,(H,38,39)(H,33,34,37);1H4. The number of hydrogen-bond donors (Lipinski definition) is 2. The van der Waals surface area contributed by atoms with E-state index in [2.05, 4.69) is 4.98 Å². The van der Waals surface area contributed by atoms with Gasteiger partial charge in [0.2, 0.25) is 10.0 Å². The molecule has 4 aromatic rings. The Bertz CT molecular complexity index is 1840. The monoisotopic (exact) mass is 621 g/mol. The minimum atomic E-state index is -4.01. The first-order chi connectivity index (χ1) is 20.7. The summed E-state index contributed by atoms with van der Waals surface area (Å²) in [6.07, 6.45) is 4.43. The number of aromatic amines is 1. The molecule has 2 aromatic heterocycles. The normalized spacial score (nSPS) is 17.4. The largest absolute Gasteiger partial charge is 0.493 e. The Morgan fingerprint density at radius 3 is 2.43 bits per heavy atom. The maximum atomic E-state index is 13.9. The van der Waals surface area contributed by atoms with Crippen molar-refractivity contribution in [1.29, 1.82) is 0 Å². The summed E-state index contributed by atoms with van der Waals surface area (Å²) >= 11 is 0. The third kappa shape index (κ3) is 5.30. The average Bonchev–Trinajstić information content (AvgIpc) is 3.66. The second-order valence-corrected chi connectivity index (χ2v) is 13.3. The quantitative estimate of drug-likeness (QED) is 0.283. The molecule has 0 bridgehead atoms. The number of hydrogen-bond acceptors (Lipinski definition) is 7. The van der Waals surface area contributed by atoms with Crippen molar-refractivity contribution in [2.24, 2.45) is 0 Å². The molecular weight excluding hydrogens is 582 g/mol. The number of carboxylic acids is 1. The molecule has 0 unspecified atom stereocenters. The molecule has 2 aliphatic rings. The van der Waals surface area contributed by atoms with Gasteiger partial charge in [0.25, 0.3) is 5.56 Å². The Morgan fingerprint density at radius 1 is 1.11 bits per heavy atom. The Morgan fingerprint density at radius 2 is 1.80 bits per heavy atom. The molecule has 2 fully saturated rings. The lowest BCUT2D eigenvalue weighted by molar-refractivity contribution is -0.145. The lowest BCUT2D eigenvalue weighted by Gasteiger charge is -2.38. The van der Waals surface area contributed by atoms with E-state index in [4.69, 9.17) is 14.8 Å². The predicted octanol–water partition coefficient (Wildman–Crippen LogP) is 4.89. The van der Waals surface area contributed by atoms with E-state index in [0.29, 0.717) is 34.7 Å². The molecule has 44 heavy (non-hydrogen) atoms. The summed E-state index contributed by atoms with van der Waals surface area (Å²) in [7, 11) is -4.01. The van der Waals surface area contributed by atoms with E-state index in [0.717, 1.165) is 31.5 Å². The van der Waals surface area contributed by atoms with E-state index in [9.17, 15) is 23.1 Å². The van der Waals surface area contributed by atoms with Crippen LogP contribution in [-0.2, 0) is 20.2 Å². The lowest BCUT2D eigenvalue weighted by Crippen LogP contribution is -2.49. The molecule has 0 radical (unpaired) electrons. The number of aromatic nitrogens is 4. The molecule has 2 N–H and O–H groups in total. The van der Waals surface area contributed by atoms with Crippen molar-refractivity contribution < 1.29 is 23.1 Å². The first-order valence-corrected chi connectivity index (χ1v) is 16.2. The molecule has 3 heterocycles. The molecule has 0 spiro atoms. The van der Waals surface area contributed by atoms with Crippen LogP contribution in [0.3, 0.4) is 0 Å². The zero-order valence-electron chi connectivity index (χ0n) is 24.2. The van der Waals surface area contributed by atoms with Crippen molar-refractivity contribution in [2.45, 2.75) is 76.0 Å². The van der Waals surface area contributed by atoms with Crippen molar-refractivity contribution in [3.8, 4) is 17.1 Å². The van der Waals surface area contributed by atoms with Crippen LogP contribution in [0, 0.1) is 6.92 Å². The van der Waals surface area contributed by atoms with Crippen molar-refractivity contribution in [1.82, 2.24) is 23.9 Å². The molecule has 1 saturated carbocycles. The molecule has 11 nitrogen and oxygen atoms in total. The summed E-state index contributed by atoms with van der Waals surface area (Å²) in [5, 5.41) is 14.9. The molecule has 0 amide bonds. The van der Waals surface area contributed by atoms with Crippen LogP contribution >= 0.6 is 0 Å². The van der Waals surface area contributed by atoms with Gasteiger partial charge in [-0.3, -0.25) is 9.59 Å². The summed E-state index contributed by atoms with van der Waals surface area (Å²) in [6, 6.07) is 13.5. The van der Waals surface area contributed by atoms with Gasteiger partial charge in [0.15, 0.2) is 11.3 Å². The molecule has 234 valence electrons. The highest BCUT2D eigenvalue weighted by molar-refractivity contribution is 7.89. The van der Waals surface area contributed by atoms with Gasteiger partial charge in [-0.15, -0.1) is 5.10 Å². The fourth-order valence-corrected chi connectivity index (χ4v) is 8.01. The Kier molecular flexibility index (Phi) is 8.68. The first kappa shape index (κ1) is 31.4. The zero-order valence-corrected chi connectivity index (χ0v) is 25.1. The first-order valence-electron chi connectivity index (χ1n) is 14.7. The second-order valence-electron chi connectivity index (χ2n) is 11.3. The molecule has 1 saturated heterocycles. The van der Waals surface area contributed by atoms with Crippen molar-refractivity contribution in [2.75, 3.05) is 19.7 Å².